The Balaban J connectivity index is 1.09. The van der Waals surface area contributed by atoms with Crippen LogP contribution in [0.1, 0.15) is 42.9 Å². The highest BCUT2D eigenvalue weighted by Gasteiger charge is 2.48. The Labute approximate surface area is 265 Å². The van der Waals surface area contributed by atoms with Crippen molar-refractivity contribution in [3.63, 3.8) is 0 Å². The fraction of sp³-hybridized carbons (Fsp3) is 0.400. The van der Waals surface area contributed by atoms with Crippen LogP contribution in [0.5, 0.6) is 5.75 Å². The van der Waals surface area contributed by atoms with Crippen LogP contribution in [0.4, 0.5) is 14.5 Å². The lowest BCUT2D eigenvalue weighted by molar-refractivity contribution is -0.214. The van der Waals surface area contributed by atoms with Crippen LogP contribution in [0.25, 0.3) is 0 Å². The highest BCUT2D eigenvalue weighted by atomic mass is 19.1. The number of carbonyl (C=O) groups excluding carboxylic acids is 2. The summed E-state index contributed by atoms with van der Waals surface area (Å²) >= 11 is 0. The topological polar surface area (TPSA) is 106 Å². The number of carboxylic acids is 1. The molecule has 0 saturated carbocycles. The molecule has 0 spiro atoms. The van der Waals surface area contributed by atoms with Crippen LogP contribution in [0.15, 0.2) is 72.8 Å². The number of hydrogen-bond acceptors (Lipinski definition) is 6. The first-order valence-electron chi connectivity index (χ1n) is 15.5. The van der Waals surface area contributed by atoms with Gasteiger partial charge < -0.3 is 29.1 Å². The SMILES string of the molecule is O=C(O)C1CCCN1C(=O)COC1(CCc2ccc(C3[C@@H](CCOc4ccc(F)cc4)C(=O)N3c3ccc(F)cc3)cc2)COC1. The predicted molar refractivity (Wildman–Crippen MR) is 163 cm³/mol. The lowest BCUT2D eigenvalue weighted by Crippen LogP contribution is -2.55. The molecule has 3 saturated heterocycles. The molecule has 0 aliphatic carbocycles. The van der Waals surface area contributed by atoms with Gasteiger partial charge in [-0.2, -0.15) is 0 Å². The minimum absolute atomic E-state index is 0.0781. The number of carbonyl (C=O) groups is 3. The third kappa shape index (κ3) is 6.75. The first-order chi connectivity index (χ1) is 22.2. The number of hydrogen-bond donors (Lipinski definition) is 1. The van der Waals surface area contributed by atoms with Crippen molar-refractivity contribution in [2.45, 2.75) is 49.8 Å². The molecule has 242 valence electrons. The molecule has 6 rings (SSSR count). The molecule has 0 bridgehead atoms. The zero-order chi connectivity index (χ0) is 32.3. The molecule has 0 aromatic heterocycles. The summed E-state index contributed by atoms with van der Waals surface area (Å²) < 4.78 is 44.2. The summed E-state index contributed by atoms with van der Waals surface area (Å²) in [7, 11) is 0. The van der Waals surface area contributed by atoms with E-state index in [1.165, 1.54) is 29.2 Å². The third-order valence-corrected chi connectivity index (χ3v) is 9.11. The van der Waals surface area contributed by atoms with Gasteiger partial charge in [0.05, 0.1) is 31.8 Å². The molecule has 0 radical (unpaired) electrons. The molecular weight excluding hydrogens is 598 g/mol. The van der Waals surface area contributed by atoms with Crippen molar-refractivity contribution >= 4 is 23.5 Å². The zero-order valence-electron chi connectivity index (χ0n) is 25.3. The van der Waals surface area contributed by atoms with Crippen LogP contribution in [-0.2, 0) is 30.3 Å². The summed E-state index contributed by atoms with van der Waals surface area (Å²) in [6.07, 6.45) is 2.85. The smallest absolute Gasteiger partial charge is 0.326 e. The van der Waals surface area contributed by atoms with E-state index in [0.717, 1.165) is 11.1 Å². The Hall–Kier alpha value is -4.35. The number of rotatable bonds is 13. The average Bonchev–Trinajstić information content (AvgIpc) is 3.54. The summed E-state index contributed by atoms with van der Waals surface area (Å²) in [5.41, 5.74) is 1.98. The van der Waals surface area contributed by atoms with Crippen molar-refractivity contribution in [1.82, 2.24) is 4.90 Å². The monoisotopic (exact) mass is 634 g/mol. The minimum Gasteiger partial charge on any atom is -0.494 e. The number of nitrogens with zero attached hydrogens (tertiary/aromatic N) is 2. The molecule has 2 unspecified atom stereocenters. The van der Waals surface area contributed by atoms with E-state index in [4.69, 9.17) is 14.2 Å². The van der Waals surface area contributed by atoms with Crippen LogP contribution in [-0.4, -0.2) is 72.4 Å². The third-order valence-electron chi connectivity index (χ3n) is 9.11. The Morgan fingerprint density at radius 3 is 2.26 bits per heavy atom. The molecule has 1 N–H and O–H groups in total. The maximum Gasteiger partial charge on any atom is 0.326 e. The average molecular weight is 635 g/mol. The maximum absolute atomic E-state index is 13.7. The molecule has 3 aromatic carbocycles. The van der Waals surface area contributed by atoms with E-state index in [9.17, 15) is 28.3 Å². The van der Waals surface area contributed by atoms with Crippen molar-refractivity contribution in [3.8, 4) is 5.75 Å². The lowest BCUT2D eigenvalue weighted by Gasteiger charge is -2.47. The molecule has 3 aliphatic heterocycles. The molecule has 3 heterocycles. The van der Waals surface area contributed by atoms with Crippen molar-refractivity contribution in [1.29, 1.82) is 0 Å². The van der Waals surface area contributed by atoms with Crippen LogP contribution in [0, 0.1) is 17.6 Å². The predicted octanol–water partition coefficient (Wildman–Crippen LogP) is 4.93. The molecular formula is C35H36F2N2O7. The zero-order valence-corrected chi connectivity index (χ0v) is 25.3. The van der Waals surface area contributed by atoms with Gasteiger partial charge in [0.2, 0.25) is 11.8 Å². The second-order valence-electron chi connectivity index (χ2n) is 12.1. The Kier molecular flexibility index (Phi) is 9.32. The number of β-lactam (4-membered cyclic amide) rings is 1. The van der Waals surface area contributed by atoms with Gasteiger partial charge >= 0.3 is 5.97 Å². The first-order valence-corrected chi connectivity index (χ1v) is 15.5. The number of halogens is 2. The second kappa shape index (κ2) is 13.6. The van der Waals surface area contributed by atoms with Crippen LogP contribution in [0.2, 0.25) is 0 Å². The molecule has 2 amide bonds. The van der Waals surface area contributed by atoms with Gasteiger partial charge in [0.15, 0.2) is 0 Å². The minimum atomic E-state index is -0.993. The quantitative estimate of drug-likeness (QED) is 0.266. The summed E-state index contributed by atoms with van der Waals surface area (Å²) in [4.78, 5) is 40.6. The van der Waals surface area contributed by atoms with E-state index in [1.807, 2.05) is 24.3 Å². The summed E-state index contributed by atoms with van der Waals surface area (Å²) in [5, 5.41) is 9.40. The van der Waals surface area contributed by atoms with Crippen molar-refractivity contribution in [3.05, 3.63) is 95.6 Å². The van der Waals surface area contributed by atoms with Crippen molar-refractivity contribution in [2.75, 3.05) is 37.9 Å². The normalized spacial score (nSPS) is 21.9. The van der Waals surface area contributed by atoms with E-state index < -0.39 is 17.6 Å². The van der Waals surface area contributed by atoms with Gasteiger partial charge in [-0.3, -0.25) is 9.59 Å². The van der Waals surface area contributed by atoms with E-state index >= 15 is 0 Å². The van der Waals surface area contributed by atoms with Gasteiger partial charge in [-0.1, -0.05) is 24.3 Å². The van der Waals surface area contributed by atoms with Gasteiger partial charge in [0.1, 0.15) is 35.6 Å². The number of likely N-dealkylation sites (tertiary alicyclic amines) is 1. The second-order valence-corrected chi connectivity index (χ2v) is 12.1. The number of carboxylic acid groups (broad SMARTS) is 1. The number of anilines is 1. The van der Waals surface area contributed by atoms with Crippen molar-refractivity contribution < 1.29 is 42.5 Å². The number of amides is 2. The molecule has 9 nitrogen and oxygen atoms in total. The summed E-state index contributed by atoms with van der Waals surface area (Å²) in [5.74, 6) is -1.96. The van der Waals surface area contributed by atoms with Crippen molar-refractivity contribution in [2.24, 2.45) is 5.92 Å². The molecule has 3 aromatic rings. The molecule has 3 fully saturated rings. The van der Waals surface area contributed by atoms with Gasteiger partial charge in [0, 0.05) is 12.2 Å². The number of benzene rings is 3. The summed E-state index contributed by atoms with van der Waals surface area (Å²) in [6.45, 7) is 1.23. The maximum atomic E-state index is 13.7. The number of aliphatic carboxylic acids is 1. The molecule has 3 aliphatic rings. The Morgan fingerprint density at radius 1 is 0.957 bits per heavy atom. The Morgan fingerprint density at radius 2 is 1.63 bits per heavy atom. The fourth-order valence-electron chi connectivity index (χ4n) is 6.44. The molecule has 3 atom stereocenters. The summed E-state index contributed by atoms with van der Waals surface area (Å²) in [6, 6.07) is 18.5. The van der Waals surface area contributed by atoms with Crippen LogP contribution < -0.4 is 9.64 Å². The van der Waals surface area contributed by atoms with Gasteiger partial charge in [-0.15, -0.1) is 0 Å². The van der Waals surface area contributed by atoms with E-state index in [1.54, 1.807) is 29.2 Å². The highest BCUT2D eigenvalue weighted by molar-refractivity contribution is 6.03. The van der Waals surface area contributed by atoms with E-state index in [2.05, 4.69) is 0 Å². The Bertz CT molecular complexity index is 1540. The largest absolute Gasteiger partial charge is 0.494 e. The molecule has 46 heavy (non-hydrogen) atoms. The standard InChI is InChI=1S/C35H36F2N2O7/c36-25-7-11-27(12-8-25)39-32(29(33(39)41)16-19-45-28-13-9-26(37)10-14-28)24-5-3-23(4-6-24)15-17-35(21-44-22-35)46-20-31(40)38-18-1-2-30(38)34(42)43/h3-14,29-30,32H,1-2,15-22H2,(H,42,43)/t29-,30?,32?/m1/s1. The van der Waals surface area contributed by atoms with Gasteiger partial charge in [-0.25, -0.2) is 13.6 Å². The first kappa shape index (κ1) is 31.6. The molecule has 11 heteroatoms. The highest BCUT2D eigenvalue weighted by Crippen LogP contribution is 2.45. The van der Waals surface area contributed by atoms with Crippen LogP contribution >= 0.6 is 0 Å². The van der Waals surface area contributed by atoms with E-state index in [0.29, 0.717) is 63.3 Å². The number of ether oxygens (including phenoxy) is 3. The lowest BCUT2D eigenvalue weighted by atomic mass is 9.79. The van der Waals surface area contributed by atoms with E-state index in [-0.39, 0.29) is 48.6 Å². The van der Waals surface area contributed by atoms with Crippen LogP contribution in [0.3, 0.4) is 0 Å². The number of aryl methyl sites for hydroxylation is 1. The van der Waals surface area contributed by atoms with Gasteiger partial charge in [-0.05, 0) is 91.8 Å². The van der Waals surface area contributed by atoms with Gasteiger partial charge in [0.25, 0.3) is 0 Å². The fourth-order valence-corrected chi connectivity index (χ4v) is 6.44.